The molecule has 1 saturated carbocycles. The van der Waals surface area contributed by atoms with Crippen molar-refractivity contribution in [1.29, 1.82) is 0 Å². The van der Waals surface area contributed by atoms with E-state index >= 15 is 0 Å². The summed E-state index contributed by atoms with van der Waals surface area (Å²) in [4.78, 5) is 30.6. The van der Waals surface area contributed by atoms with Crippen LogP contribution in [0.1, 0.15) is 35.3 Å². The normalized spacial score (nSPS) is 13.6. The summed E-state index contributed by atoms with van der Waals surface area (Å²) in [6.45, 7) is 7.46. The minimum absolute atomic E-state index is 0.0221. The van der Waals surface area contributed by atoms with Crippen LogP contribution in [0.2, 0.25) is 0 Å². The molecule has 5 heteroatoms. The maximum absolute atomic E-state index is 13.2. The molecule has 0 N–H and O–H groups in total. The molecule has 1 aliphatic rings. The molecule has 4 nitrogen and oxygen atoms in total. The number of amides is 2. The van der Waals surface area contributed by atoms with Crippen molar-refractivity contribution in [3.63, 3.8) is 0 Å². The molecule has 0 atom stereocenters. The predicted molar refractivity (Wildman–Crippen MR) is 114 cm³/mol. The van der Waals surface area contributed by atoms with Crippen molar-refractivity contribution in [3.8, 4) is 0 Å². The van der Waals surface area contributed by atoms with Gasteiger partial charge in [-0.15, -0.1) is 17.9 Å². The number of hydrogen-bond donors (Lipinski definition) is 0. The van der Waals surface area contributed by atoms with Crippen LogP contribution in [0.4, 0.5) is 0 Å². The highest BCUT2D eigenvalue weighted by atomic mass is 32.1. The first kappa shape index (κ1) is 20.3. The van der Waals surface area contributed by atoms with E-state index in [-0.39, 0.29) is 24.3 Å². The first-order chi connectivity index (χ1) is 13.6. The second-order valence-electron chi connectivity index (χ2n) is 7.40. The Bertz CT molecular complexity index is 811. The molecule has 0 aliphatic heterocycles. The lowest BCUT2D eigenvalue weighted by Gasteiger charge is -2.32. The average molecular weight is 397 g/mol. The fourth-order valence-corrected chi connectivity index (χ4v) is 4.26. The summed E-state index contributed by atoms with van der Waals surface area (Å²) in [7, 11) is 0. The van der Waals surface area contributed by atoms with Crippen LogP contribution in [0.25, 0.3) is 0 Å². The van der Waals surface area contributed by atoms with Gasteiger partial charge in [-0.25, -0.2) is 0 Å². The molecule has 1 heterocycles. The first-order valence-corrected chi connectivity index (χ1v) is 10.7. The van der Waals surface area contributed by atoms with Crippen molar-refractivity contribution in [1.82, 2.24) is 9.80 Å². The predicted octanol–water partition coefficient (Wildman–Crippen LogP) is 4.40. The van der Waals surface area contributed by atoms with Crippen LogP contribution in [-0.2, 0) is 22.7 Å². The van der Waals surface area contributed by atoms with Crippen molar-refractivity contribution in [2.45, 2.75) is 39.3 Å². The monoisotopic (exact) mass is 396 g/mol. The Labute approximate surface area is 171 Å². The van der Waals surface area contributed by atoms with Crippen molar-refractivity contribution >= 4 is 23.2 Å². The third-order valence-corrected chi connectivity index (χ3v) is 6.32. The summed E-state index contributed by atoms with van der Waals surface area (Å²) in [5.74, 6) is 0.146. The third-order valence-electron chi connectivity index (χ3n) is 5.31. The standard InChI is InChI=1S/C23H28N2O2S/c1-3-13-24(23(27)20-10-7-11-20)17-22(26)25(15-19-8-5-4-6-9-19)16-21-18(2)12-14-28-21/h3-6,8-9,12,14,20H,1,7,10-11,13,15-17H2,2H3. The minimum Gasteiger partial charge on any atom is -0.332 e. The van der Waals surface area contributed by atoms with E-state index in [2.05, 4.69) is 24.9 Å². The number of rotatable bonds is 9. The van der Waals surface area contributed by atoms with E-state index in [0.29, 0.717) is 19.6 Å². The highest BCUT2D eigenvalue weighted by Gasteiger charge is 2.30. The summed E-state index contributed by atoms with van der Waals surface area (Å²) in [5.41, 5.74) is 2.29. The van der Waals surface area contributed by atoms with Crippen LogP contribution in [-0.4, -0.2) is 34.7 Å². The molecule has 0 unspecified atom stereocenters. The van der Waals surface area contributed by atoms with E-state index in [9.17, 15) is 9.59 Å². The van der Waals surface area contributed by atoms with Gasteiger partial charge in [0.25, 0.3) is 0 Å². The highest BCUT2D eigenvalue weighted by molar-refractivity contribution is 7.10. The molecular formula is C23H28N2O2S. The Kier molecular flexibility index (Phi) is 7.04. The first-order valence-electron chi connectivity index (χ1n) is 9.83. The van der Waals surface area contributed by atoms with Gasteiger partial charge in [-0.05, 0) is 42.3 Å². The molecule has 2 aromatic rings. The van der Waals surface area contributed by atoms with Gasteiger partial charge in [-0.3, -0.25) is 9.59 Å². The Morgan fingerprint density at radius 3 is 2.46 bits per heavy atom. The topological polar surface area (TPSA) is 40.6 Å². The molecule has 1 fully saturated rings. The molecule has 0 bridgehead atoms. The number of nitrogens with zero attached hydrogens (tertiary/aromatic N) is 2. The Balaban J connectivity index is 1.74. The van der Waals surface area contributed by atoms with Gasteiger partial charge in [0, 0.05) is 23.9 Å². The largest absolute Gasteiger partial charge is 0.332 e. The minimum atomic E-state index is -0.0221. The van der Waals surface area contributed by atoms with E-state index in [0.717, 1.165) is 24.8 Å². The Morgan fingerprint density at radius 1 is 1.14 bits per heavy atom. The quantitative estimate of drug-likeness (QED) is 0.590. The molecule has 1 aromatic carbocycles. The van der Waals surface area contributed by atoms with Crippen molar-refractivity contribution in [3.05, 3.63) is 70.4 Å². The van der Waals surface area contributed by atoms with Crippen LogP contribution < -0.4 is 0 Å². The zero-order chi connectivity index (χ0) is 19.9. The number of thiophene rings is 1. The summed E-state index contributed by atoms with van der Waals surface area (Å²) in [6.07, 6.45) is 4.67. The maximum atomic E-state index is 13.2. The van der Waals surface area contributed by atoms with Crippen LogP contribution in [0, 0.1) is 12.8 Å². The third kappa shape index (κ3) is 5.10. The van der Waals surface area contributed by atoms with E-state index in [1.54, 1.807) is 22.3 Å². The number of carbonyl (C=O) groups excluding carboxylic acids is 2. The Hall–Kier alpha value is -2.40. The van der Waals surface area contributed by atoms with Crippen molar-refractivity contribution < 1.29 is 9.59 Å². The lowest BCUT2D eigenvalue weighted by Crippen LogP contribution is -2.45. The summed E-state index contributed by atoms with van der Waals surface area (Å²) in [6, 6.07) is 12.1. The van der Waals surface area contributed by atoms with Gasteiger partial charge in [-0.2, -0.15) is 0 Å². The second kappa shape index (κ2) is 9.69. The van der Waals surface area contributed by atoms with E-state index in [4.69, 9.17) is 0 Å². The molecule has 28 heavy (non-hydrogen) atoms. The fourth-order valence-electron chi connectivity index (χ4n) is 3.34. The summed E-state index contributed by atoms with van der Waals surface area (Å²) < 4.78 is 0. The van der Waals surface area contributed by atoms with Crippen LogP contribution >= 0.6 is 11.3 Å². The zero-order valence-corrected chi connectivity index (χ0v) is 17.3. The van der Waals surface area contributed by atoms with E-state index in [1.165, 1.54) is 10.4 Å². The van der Waals surface area contributed by atoms with Gasteiger partial charge in [0.15, 0.2) is 0 Å². The SMILES string of the molecule is C=CCN(CC(=O)N(Cc1ccccc1)Cc1sccc1C)C(=O)C1CCC1. The van der Waals surface area contributed by atoms with Gasteiger partial charge in [0.05, 0.1) is 6.54 Å². The number of carbonyl (C=O) groups is 2. The molecule has 0 spiro atoms. The van der Waals surface area contributed by atoms with E-state index in [1.807, 2.05) is 35.2 Å². The molecular weight excluding hydrogens is 368 g/mol. The van der Waals surface area contributed by atoms with Crippen molar-refractivity contribution in [2.24, 2.45) is 5.92 Å². The fraction of sp³-hybridized carbons (Fsp3) is 0.391. The lowest BCUT2D eigenvalue weighted by molar-refractivity contribution is -0.144. The summed E-state index contributed by atoms with van der Waals surface area (Å²) in [5, 5.41) is 2.06. The number of benzene rings is 1. The van der Waals surface area contributed by atoms with Gasteiger partial charge < -0.3 is 9.80 Å². The number of hydrogen-bond acceptors (Lipinski definition) is 3. The zero-order valence-electron chi connectivity index (χ0n) is 16.5. The van der Waals surface area contributed by atoms with Crippen LogP contribution in [0.15, 0.2) is 54.4 Å². The molecule has 1 aliphatic carbocycles. The van der Waals surface area contributed by atoms with Crippen LogP contribution in [0.5, 0.6) is 0 Å². The van der Waals surface area contributed by atoms with Crippen molar-refractivity contribution in [2.75, 3.05) is 13.1 Å². The lowest BCUT2D eigenvalue weighted by atomic mass is 9.84. The maximum Gasteiger partial charge on any atom is 0.242 e. The van der Waals surface area contributed by atoms with Gasteiger partial charge in [0.1, 0.15) is 6.54 Å². The van der Waals surface area contributed by atoms with Crippen LogP contribution in [0.3, 0.4) is 0 Å². The van der Waals surface area contributed by atoms with E-state index < -0.39 is 0 Å². The molecule has 3 rings (SSSR count). The molecule has 148 valence electrons. The second-order valence-corrected chi connectivity index (χ2v) is 8.40. The summed E-state index contributed by atoms with van der Waals surface area (Å²) >= 11 is 1.67. The number of aryl methyl sites for hydroxylation is 1. The molecule has 0 radical (unpaired) electrons. The van der Waals surface area contributed by atoms with Gasteiger partial charge >= 0.3 is 0 Å². The average Bonchev–Trinajstić information content (AvgIpc) is 3.05. The Morgan fingerprint density at radius 2 is 1.89 bits per heavy atom. The smallest absolute Gasteiger partial charge is 0.242 e. The van der Waals surface area contributed by atoms with Gasteiger partial charge in [-0.1, -0.05) is 42.8 Å². The van der Waals surface area contributed by atoms with Gasteiger partial charge in [0.2, 0.25) is 11.8 Å². The molecule has 0 saturated heterocycles. The molecule has 1 aromatic heterocycles. The highest BCUT2D eigenvalue weighted by Crippen LogP contribution is 2.28. The molecule has 2 amide bonds.